The summed E-state index contributed by atoms with van der Waals surface area (Å²) >= 11 is 0. The number of likely N-dealkylation sites (tertiary alicyclic amines) is 1. The normalized spacial score (nSPS) is 24.9. The first kappa shape index (κ1) is 21.2. The lowest BCUT2D eigenvalue weighted by Gasteiger charge is -2.52. The number of hydrogen-bond acceptors (Lipinski definition) is 4. The van der Waals surface area contributed by atoms with Gasteiger partial charge in [-0.25, -0.2) is 0 Å². The molecule has 1 spiro atoms. The highest BCUT2D eigenvalue weighted by atomic mass is 16.5. The third-order valence-electron chi connectivity index (χ3n) is 7.26. The minimum atomic E-state index is -0.112. The Balaban J connectivity index is 1.27. The van der Waals surface area contributed by atoms with Crippen molar-refractivity contribution in [3.8, 4) is 0 Å². The van der Waals surface area contributed by atoms with Crippen LogP contribution in [-0.2, 0) is 16.1 Å². The van der Waals surface area contributed by atoms with Crippen molar-refractivity contribution >= 4 is 11.8 Å². The lowest BCUT2D eigenvalue weighted by atomic mass is 9.87. The summed E-state index contributed by atoms with van der Waals surface area (Å²) in [5.74, 6) is 0.292. The highest BCUT2D eigenvalue weighted by molar-refractivity contribution is 5.94. The molecular formula is C26H31N3O3. The van der Waals surface area contributed by atoms with Gasteiger partial charge in [-0.3, -0.25) is 14.5 Å². The van der Waals surface area contributed by atoms with Gasteiger partial charge in [0.25, 0.3) is 5.91 Å². The van der Waals surface area contributed by atoms with Crippen LogP contribution >= 0.6 is 0 Å². The van der Waals surface area contributed by atoms with Gasteiger partial charge in [0.05, 0.1) is 18.7 Å². The topological polar surface area (TPSA) is 53.1 Å². The Labute approximate surface area is 189 Å². The number of nitrogens with zero attached hydrogens (tertiary/aromatic N) is 3. The maximum Gasteiger partial charge on any atom is 0.253 e. The van der Waals surface area contributed by atoms with E-state index in [4.69, 9.17) is 4.74 Å². The zero-order valence-corrected chi connectivity index (χ0v) is 18.5. The van der Waals surface area contributed by atoms with Gasteiger partial charge in [-0.05, 0) is 37.0 Å². The summed E-state index contributed by atoms with van der Waals surface area (Å²) in [5.41, 5.74) is 1.80. The van der Waals surface area contributed by atoms with Crippen LogP contribution in [0.5, 0.6) is 0 Å². The van der Waals surface area contributed by atoms with Crippen LogP contribution in [0, 0.1) is 0 Å². The molecule has 168 valence electrons. The van der Waals surface area contributed by atoms with Crippen molar-refractivity contribution in [1.29, 1.82) is 0 Å². The predicted octanol–water partition coefficient (Wildman–Crippen LogP) is 2.79. The van der Waals surface area contributed by atoms with Gasteiger partial charge in [-0.15, -0.1) is 0 Å². The second kappa shape index (κ2) is 9.04. The maximum atomic E-state index is 13.1. The number of rotatable bonds is 4. The van der Waals surface area contributed by atoms with Crippen LogP contribution in [0.15, 0.2) is 60.7 Å². The van der Waals surface area contributed by atoms with Crippen LogP contribution in [0.3, 0.4) is 0 Å². The van der Waals surface area contributed by atoms with Gasteiger partial charge in [0.15, 0.2) is 0 Å². The molecule has 6 nitrogen and oxygen atoms in total. The molecule has 6 heteroatoms. The van der Waals surface area contributed by atoms with E-state index in [1.807, 2.05) is 58.3 Å². The van der Waals surface area contributed by atoms with E-state index in [-0.39, 0.29) is 17.4 Å². The Morgan fingerprint density at radius 3 is 2.34 bits per heavy atom. The average molecular weight is 434 g/mol. The lowest BCUT2D eigenvalue weighted by molar-refractivity contribution is -0.148. The molecule has 0 radical (unpaired) electrons. The Morgan fingerprint density at radius 2 is 1.69 bits per heavy atom. The highest BCUT2D eigenvalue weighted by Gasteiger charge is 2.50. The molecular weight excluding hydrogens is 402 g/mol. The second-order valence-corrected chi connectivity index (χ2v) is 9.28. The van der Waals surface area contributed by atoms with Crippen LogP contribution < -0.4 is 0 Å². The fourth-order valence-corrected chi connectivity index (χ4v) is 5.50. The number of ether oxygens (including phenoxy) is 1. The molecule has 0 aliphatic carbocycles. The molecule has 5 rings (SSSR count). The summed E-state index contributed by atoms with van der Waals surface area (Å²) in [4.78, 5) is 32.3. The Morgan fingerprint density at radius 1 is 1.00 bits per heavy atom. The lowest BCUT2D eigenvalue weighted by Crippen LogP contribution is -2.68. The van der Waals surface area contributed by atoms with Crippen LogP contribution in [0.25, 0.3) is 0 Å². The SMILES string of the molecule is O=C1CN(C2CCN(C(=O)c3ccccc3)CC2)C2(CCOC2)CN1Cc1ccccc1. The first-order chi connectivity index (χ1) is 15.6. The van der Waals surface area contributed by atoms with Crippen molar-refractivity contribution in [2.75, 3.05) is 39.4 Å². The quantitative estimate of drug-likeness (QED) is 0.744. The number of carbonyl (C=O) groups is 2. The van der Waals surface area contributed by atoms with Gasteiger partial charge in [0, 0.05) is 44.4 Å². The number of benzene rings is 2. The smallest absolute Gasteiger partial charge is 0.253 e. The van der Waals surface area contributed by atoms with Crippen molar-refractivity contribution in [2.45, 2.75) is 37.4 Å². The number of amides is 2. The summed E-state index contributed by atoms with van der Waals surface area (Å²) in [6, 6.07) is 20.0. The molecule has 3 heterocycles. The minimum absolute atomic E-state index is 0.103. The van der Waals surface area contributed by atoms with Crippen molar-refractivity contribution in [3.05, 3.63) is 71.8 Å². The van der Waals surface area contributed by atoms with Crippen LogP contribution in [0.4, 0.5) is 0 Å². The van der Waals surface area contributed by atoms with Gasteiger partial charge >= 0.3 is 0 Å². The fourth-order valence-electron chi connectivity index (χ4n) is 5.50. The summed E-state index contributed by atoms with van der Waals surface area (Å²) in [5, 5.41) is 0. The number of carbonyl (C=O) groups excluding carboxylic acids is 2. The molecule has 1 atom stereocenters. The predicted molar refractivity (Wildman–Crippen MR) is 122 cm³/mol. The van der Waals surface area contributed by atoms with Crippen molar-refractivity contribution in [2.24, 2.45) is 0 Å². The molecule has 2 amide bonds. The number of piperazine rings is 1. The highest BCUT2D eigenvalue weighted by Crippen LogP contribution is 2.35. The van der Waals surface area contributed by atoms with E-state index in [2.05, 4.69) is 17.0 Å². The third-order valence-corrected chi connectivity index (χ3v) is 7.26. The van der Waals surface area contributed by atoms with E-state index >= 15 is 0 Å². The fraction of sp³-hybridized carbons (Fsp3) is 0.462. The minimum Gasteiger partial charge on any atom is -0.379 e. The average Bonchev–Trinajstić information content (AvgIpc) is 3.31. The van der Waals surface area contributed by atoms with Crippen molar-refractivity contribution in [1.82, 2.24) is 14.7 Å². The Kier molecular flexibility index (Phi) is 5.98. The standard InChI is InChI=1S/C26H31N3O3/c30-24-18-29(23-11-14-27(15-12-23)25(31)22-9-5-2-6-10-22)26(13-16-32-20-26)19-28(24)17-21-7-3-1-4-8-21/h1-10,23H,11-20H2. The molecule has 3 fully saturated rings. The van der Waals surface area contributed by atoms with Gasteiger partial charge in [0.2, 0.25) is 5.91 Å². The molecule has 2 aromatic carbocycles. The largest absolute Gasteiger partial charge is 0.379 e. The monoisotopic (exact) mass is 433 g/mol. The second-order valence-electron chi connectivity index (χ2n) is 9.28. The van der Waals surface area contributed by atoms with Gasteiger partial charge < -0.3 is 14.5 Å². The van der Waals surface area contributed by atoms with Crippen molar-refractivity contribution in [3.63, 3.8) is 0 Å². The molecule has 3 aliphatic rings. The first-order valence-electron chi connectivity index (χ1n) is 11.7. The maximum absolute atomic E-state index is 13.1. The number of piperidine rings is 1. The summed E-state index contributed by atoms with van der Waals surface area (Å²) in [6.45, 7) is 4.68. The zero-order valence-electron chi connectivity index (χ0n) is 18.5. The molecule has 0 N–H and O–H groups in total. The van der Waals surface area contributed by atoms with Crippen LogP contribution in [0.1, 0.15) is 35.2 Å². The van der Waals surface area contributed by atoms with Gasteiger partial charge in [-0.1, -0.05) is 48.5 Å². The van der Waals surface area contributed by atoms with E-state index in [1.54, 1.807) is 0 Å². The van der Waals surface area contributed by atoms with Crippen LogP contribution in [-0.4, -0.2) is 77.5 Å². The molecule has 3 aliphatic heterocycles. The van der Waals surface area contributed by atoms with Crippen molar-refractivity contribution < 1.29 is 14.3 Å². The third kappa shape index (κ3) is 4.17. The van der Waals surface area contributed by atoms with E-state index in [0.29, 0.717) is 32.3 Å². The molecule has 2 aromatic rings. The van der Waals surface area contributed by atoms with E-state index < -0.39 is 0 Å². The molecule has 0 saturated carbocycles. The summed E-state index contributed by atoms with van der Waals surface area (Å²) < 4.78 is 5.87. The molecule has 0 aromatic heterocycles. The van der Waals surface area contributed by atoms with Crippen LogP contribution in [0.2, 0.25) is 0 Å². The van der Waals surface area contributed by atoms with E-state index in [0.717, 1.165) is 50.1 Å². The summed E-state index contributed by atoms with van der Waals surface area (Å²) in [6.07, 6.45) is 2.74. The molecule has 0 bridgehead atoms. The summed E-state index contributed by atoms with van der Waals surface area (Å²) in [7, 11) is 0. The van der Waals surface area contributed by atoms with E-state index in [1.165, 1.54) is 0 Å². The Hall–Kier alpha value is -2.70. The van der Waals surface area contributed by atoms with Gasteiger partial charge in [0.1, 0.15) is 0 Å². The van der Waals surface area contributed by atoms with E-state index in [9.17, 15) is 9.59 Å². The van der Waals surface area contributed by atoms with Gasteiger partial charge in [-0.2, -0.15) is 0 Å². The molecule has 1 unspecified atom stereocenters. The zero-order chi connectivity index (χ0) is 22.0. The number of hydrogen-bond donors (Lipinski definition) is 0. The Bertz CT molecular complexity index is 935. The first-order valence-corrected chi connectivity index (χ1v) is 11.7. The molecule has 3 saturated heterocycles. The molecule has 32 heavy (non-hydrogen) atoms.